The van der Waals surface area contributed by atoms with Gasteiger partial charge in [0.2, 0.25) is 15.9 Å². The second-order valence-corrected chi connectivity index (χ2v) is 7.29. The molecule has 0 aromatic heterocycles. The summed E-state index contributed by atoms with van der Waals surface area (Å²) in [7, 11) is -3.48. The van der Waals surface area contributed by atoms with Crippen LogP contribution in [0, 0.1) is 5.92 Å². The maximum atomic E-state index is 11.6. The van der Waals surface area contributed by atoms with E-state index in [9.17, 15) is 13.2 Å². The van der Waals surface area contributed by atoms with Crippen LogP contribution in [0.4, 0.5) is 0 Å². The van der Waals surface area contributed by atoms with E-state index in [4.69, 9.17) is 10.5 Å². The molecule has 1 aliphatic carbocycles. The number of carbonyl (C=O) groups excluding carboxylic acids is 1. The van der Waals surface area contributed by atoms with E-state index in [1.807, 2.05) is 13.8 Å². The van der Waals surface area contributed by atoms with Gasteiger partial charge in [-0.05, 0) is 32.6 Å². The van der Waals surface area contributed by atoms with Crippen LogP contribution in [-0.4, -0.2) is 51.9 Å². The molecule has 0 aromatic carbocycles. The summed E-state index contributed by atoms with van der Waals surface area (Å²) in [5, 5.41) is 2.63. The van der Waals surface area contributed by atoms with Crippen molar-refractivity contribution < 1.29 is 17.9 Å². The third-order valence-corrected chi connectivity index (χ3v) is 4.31. The Kier molecular flexibility index (Phi) is 9.39. The number of sulfonamides is 1. The molecule has 7 nitrogen and oxygen atoms in total. The lowest BCUT2D eigenvalue weighted by Gasteiger charge is -2.12. The Morgan fingerprint density at radius 2 is 2.00 bits per heavy atom. The van der Waals surface area contributed by atoms with Crippen molar-refractivity contribution in [3.05, 3.63) is 0 Å². The van der Waals surface area contributed by atoms with Gasteiger partial charge in [0.15, 0.2) is 0 Å². The molecule has 21 heavy (non-hydrogen) atoms. The highest BCUT2D eigenvalue weighted by Crippen LogP contribution is 2.31. The Morgan fingerprint density at radius 1 is 1.38 bits per heavy atom. The van der Waals surface area contributed by atoms with Gasteiger partial charge in [-0.1, -0.05) is 0 Å². The van der Waals surface area contributed by atoms with E-state index in [2.05, 4.69) is 10.0 Å². The topological polar surface area (TPSA) is 111 Å². The van der Waals surface area contributed by atoms with Crippen molar-refractivity contribution in [2.75, 3.05) is 25.4 Å². The van der Waals surface area contributed by atoms with Crippen LogP contribution in [0.5, 0.6) is 0 Å². The first-order chi connectivity index (χ1) is 9.30. The SMILES string of the molecule is CC(C)OCCS(=O)(=O)NCC(=O)NCC(N)C1CC1.Cl. The van der Waals surface area contributed by atoms with E-state index in [1.165, 1.54) is 0 Å². The lowest BCUT2D eigenvalue weighted by molar-refractivity contribution is -0.120. The Labute approximate surface area is 132 Å². The summed E-state index contributed by atoms with van der Waals surface area (Å²) in [4.78, 5) is 11.5. The van der Waals surface area contributed by atoms with E-state index < -0.39 is 10.0 Å². The Balaban J connectivity index is 0.00000400. The number of ether oxygens (including phenoxy) is 1. The molecule has 1 amide bonds. The molecule has 0 bridgehead atoms. The van der Waals surface area contributed by atoms with Gasteiger partial charge in [-0.2, -0.15) is 0 Å². The number of hydrogen-bond acceptors (Lipinski definition) is 5. The minimum atomic E-state index is -3.48. The number of hydrogen-bond donors (Lipinski definition) is 3. The van der Waals surface area contributed by atoms with Crippen LogP contribution in [0.1, 0.15) is 26.7 Å². The molecule has 9 heteroatoms. The van der Waals surface area contributed by atoms with Crippen molar-refractivity contribution in [2.45, 2.75) is 38.8 Å². The van der Waals surface area contributed by atoms with Gasteiger partial charge in [-0.25, -0.2) is 13.1 Å². The minimum Gasteiger partial charge on any atom is -0.378 e. The van der Waals surface area contributed by atoms with Crippen molar-refractivity contribution in [3.8, 4) is 0 Å². The summed E-state index contributed by atoms with van der Waals surface area (Å²) in [5.41, 5.74) is 5.83. The highest BCUT2D eigenvalue weighted by molar-refractivity contribution is 7.89. The molecule has 0 heterocycles. The first kappa shape index (κ1) is 20.6. The normalized spacial score (nSPS) is 16.4. The zero-order valence-corrected chi connectivity index (χ0v) is 14.1. The lowest BCUT2D eigenvalue weighted by Crippen LogP contribution is -2.43. The molecule has 4 N–H and O–H groups in total. The second kappa shape index (κ2) is 9.58. The Bertz CT molecular complexity index is 413. The fourth-order valence-corrected chi connectivity index (χ4v) is 2.44. The van der Waals surface area contributed by atoms with E-state index in [-0.39, 0.29) is 49.4 Å². The number of rotatable bonds is 10. The van der Waals surface area contributed by atoms with Gasteiger partial charge in [-0.15, -0.1) is 12.4 Å². The summed E-state index contributed by atoms with van der Waals surface area (Å²) in [5.74, 6) is -0.0188. The molecule has 0 radical (unpaired) electrons. The standard InChI is InChI=1S/C12H25N3O4S.ClH/c1-9(2)19-5-6-20(17,18)15-8-12(16)14-7-11(13)10-3-4-10;/h9-11,15H,3-8,13H2,1-2H3,(H,14,16);1H. The fourth-order valence-electron chi connectivity index (χ4n) is 1.63. The fraction of sp³-hybridized carbons (Fsp3) is 0.917. The largest absolute Gasteiger partial charge is 0.378 e. The summed E-state index contributed by atoms with van der Waals surface area (Å²) in [6.45, 7) is 3.90. The molecule has 0 spiro atoms. The molecule has 1 aliphatic rings. The van der Waals surface area contributed by atoms with Gasteiger partial charge < -0.3 is 15.8 Å². The molecule has 1 fully saturated rings. The number of nitrogens with one attached hydrogen (secondary N) is 2. The van der Waals surface area contributed by atoms with Crippen molar-refractivity contribution >= 4 is 28.3 Å². The predicted octanol–water partition coefficient (Wildman–Crippen LogP) is -0.394. The molecule has 1 saturated carbocycles. The Hall–Kier alpha value is -0.410. The van der Waals surface area contributed by atoms with E-state index in [0.29, 0.717) is 12.5 Å². The summed E-state index contributed by atoms with van der Waals surface area (Å²) in [6.07, 6.45) is 2.20. The summed E-state index contributed by atoms with van der Waals surface area (Å²) < 4.78 is 30.6. The first-order valence-corrected chi connectivity index (χ1v) is 8.56. The maximum Gasteiger partial charge on any atom is 0.235 e. The van der Waals surface area contributed by atoms with Gasteiger partial charge in [-0.3, -0.25) is 4.79 Å². The molecule has 0 aromatic rings. The van der Waals surface area contributed by atoms with Gasteiger partial charge in [0, 0.05) is 12.6 Å². The third kappa shape index (κ3) is 10.0. The van der Waals surface area contributed by atoms with Crippen LogP contribution in [0.3, 0.4) is 0 Å². The smallest absolute Gasteiger partial charge is 0.235 e. The van der Waals surface area contributed by atoms with Crippen molar-refractivity contribution in [1.82, 2.24) is 10.0 Å². The zero-order valence-electron chi connectivity index (χ0n) is 12.5. The highest BCUT2D eigenvalue weighted by atomic mass is 35.5. The van der Waals surface area contributed by atoms with E-state index >= 15 is 0 Å². The van der Waals surface area contributed by atoms with Gasteiger partial charge >= 0.3 is 0 Å². The summed E-state index contributed by atoms with van der Waals surface area (Å²) >= 11 is 0. The van der Waals surface area contributed by atoms with Crippen LogP contribution in [0.15, 0.2) is 0 Å². The average molecular weight is 344 g/mol. The van der Waals surface area contributed by atoms with E-state index in [0.717, 1.165) is 12.8 Å². The molecular formula is C12H26ClN3O4S. The highest BCUT2D eigenvalue weighted by Gasteiger charge is 2.28. The molecule has 1 rings (SSSR count). The van der Waals surface area contributed by atoms with Crippen LogP contribution in [0.25, 0.3) is 0 Å². The number of nitrogens with two attached hydrogens (primary N) is 1. The quantitative estimate of drug-likeness (QED) is 0.500. The second-order valence-electron chi connectivity index (χ2n) is 5.36. The maximum absolute atomic E-state index is 11.6. The lowest BCUT2D eigenvalue weighted by atomic mass is 10.2. The number of carbonyl (C=O) groups is 1. The van der Waals surface area contributed by atoms with Crippen LogP contribution in [-0.2, 0) is 19.6 Å². The Morgan fingerprint density at radius 3 is 2.52 bits per heavy atom. The van der Waals surface area contributed by atoms with Crippen LogP contribution < -0.4 is 15.8 Å². The number of amides is 1. The van der Waals surface area contributed by atoms with E-state index in [1.54, 1.807) is 0 Å². The van der Waals surface area contributed by atoms with Gasteiger partial charge in [0.1, 0.15) is 0 Å². The molecule has 126 valence electrons. The molecule has 1 unspecified atom stereocenters. The molecule has 1 atom stereocenters. The average Bonchev–Trinajstić information content (AvgIpc) is 3.17. The monoisotopic (exact) mass is 343 g/mol. The van der Waals surface area contributed by atoms with Crippen molar-refractivity contribution in [3.63, 3.8) is 0 Å². The molecular weight excluding hydrogens is 318 g/mol. The first-order valence-electron chi connectivity index (χ1n) is 6.91. The van der Waals surface area contributed by atoms with Crippen molar-refractivity contribution in [2.24, 2.45) is 11.7 Å². The van der Waals surface area contributed by atoms with Crippen LogP contribution in [0.2, 0.25) is 0 Å². The zero-order chi connectivity index (χ0) is 15.2. The number of halogens is 1. The van der Waals surface area contributed by atoms with Crippen molar-refractivity contribution in [1.29, 1.82) is 0 Å². The van der Waals surface area contributed by atoms with Gasteiger partial charge in [0.05, 0.1) is 25.0 Å². The van der Waals surface area contributed by atoms with Gasteiger partial charge in [0.25, 0.3) is 0 Å². The minimum absolute atomic E-state index is 0. The predicted molar refractivity (Wildman–Crippen MR) is 83.8 cm³/mol. The molecule has 0 saturated heterocycles. The third-order valence-electron chi connectivity index (χ3n) is 3.02. The van der Waals surface area contributed by atoms with Crippen LogP contribution >= 0.6 is 12.4 Å². The summed E-state index contributed by atoms with van der Waals surface area (Å²) in [6, 6.07) is -0.0324. The molecule has 0 aliphatic heterocycles.